The first-order valence-electron chi connectivity index (χ1n) is 8.44. The average molecular weight is 361 g/mol. The van der Waals surface area contributed by atoms with Gasteiger partial charge in [-0.25, -0.2) is 0 Å². The minimum atomic E-state index is -0.480. The molecule has 0 aliphatic carbocycles. The zero-order valence-corrected chi connectivity index (χ0v) is 15.5. The number of carbonyl (C=O) groups is 1. The Morgan fingerprint density at radius 2 is 1.88 bits per heavy atom. The summed E-state index contributed by atoms with van der Waals surface area (Å²) in [5.41, 5.74) is 2.54. The third-order valence-corrected chi connectivity index (χ3v) is 4.64. The number of hydrogen-bond donors (Lipinski definition) is 2. The lowest BCUT2D eigenvalue weighted by atomic mass is 10.1. The molecule has 1 amide bonds. The van der Waals surface area contributed by atoms with Crippen molar-refractivity contribution < 1.29 is 9.90 Å². The van der Waals surface area contributed by atoms with Gasteiger partial charge in [-0.05, 0) is 43.7 Å². The molecule has 0 saturated carbocycles. The molecule has 0 heterocycles. The minimum Gasteiger partial charge on any atom is -0.388 e. The first-order chi connectivity index (χ1) is 12.0. The van der Waals surface area contributed by atoms with Crippen LogP contribution in [-0.4, -0.2) is 36.1 Å². The number of rotatable bonds is 8. The van der Waals surface area contributed by atoms with Crippen LogP contribution in [0, 0.1) is 6.92 Å². The summed E-state index contributed by atoms with van der Waals surface area (Å²) >= 11 is 6.06. The molecule has 2 aromatic carbocycles. The topological polar surface area (TPSA) is 52.6 Å². The van der Waals surface area contributed by atoms with E-state index in [1.165, 1.54) is 0 Å². The highest BCUT2D eigenvalue weighted by molar-refractivity contribution is 6.31. The number of nitrogens with zero attached hydrogens (tertiary/aromatic N) is 1. The second-order valence-corrected chi connectivity index (χ2v) is 6.64. The molecular weight excluding hydrogens is 336 g/mol. The second kappa shape index (κ2) is 9.56. The molecule has 0 unspecified atom stereocenters. The fraction of sp³-hybridized carbons (Fsp3) is 0.350. The van der Waals surface area contributed by atoms with E-state index < -0.39 is 6.10 Å². The molecule has 0 bridgehead atoms. The van der Waals surface area contributed by atoms with Crippen molar-refractivity contribution in [3.63, 3.8) is 0 Å². The second-order valence-electron chi connectivity index (χ2n) is 6.23. The van der Waals surface area contributed by atoms with Gasteiger partial charge in [0.15, 0.2) is 0 Å². The molecule has 0 aliphatic rings. The predicted molar refractivity (Wildman–Crippen MR) is 103 cm³/mol. The monoisotopic (exact) mass is 360 g/mol. The molecule has 0 fully saturated rings. The van der Waals surface area contributed by atoms with Crippen LogP contribution in [0.5, 0.6) is 0 Å². The van der Waals surface area contributed by atoms with Gasteiger partial charge < -0.3 is 15.3 Å². The standard InChI is InChI=1S/C20H25ClN2O2/c1-15-17(21)9-6-10-18(15)22-20(25)12-14-23(2)13-11-19(24)16-7-4-3-5-8-16/h3-10,19,24H,11-14H2,1-2H3,(H,22,25)/t19-/m0/s1. The highest BCUT2D eigenvalue weighted by Gasteiger charge is 2.11. The highest BCUT2D eigenvalue weighted by Crippen LogP contribution is 2.23. The maximum atomic E-state index is 12.1. The molecule has 25 heavy (non-hydrogen) atoms. The number of benzene rings is 2. The van der Waals surface area contributed by atoms with Crippen LogP contribution in [-0.2, 0) is 4.79 Å². The Labute approximate surface area is 154 Å². The molecule has 1 atom stereocenters. The van der Waals surface area contributed by atoms with Gasteiger partial charge >= 0.3 is 0 Å². The van der Waals surface area contributed by atoms with E-state index in [1.54, 1.807) is 6.07 Å². The zero-order valence-electron chi connectivity index (χ0n) is 14.7. The molecular formula is C20H25ClN2O2. The molecule has 2 aromatic rings. The molecule has 2 rings (SSSR count). The van der Waals surface area contributed by atoms with Crippen LogP contribution in [0.1, 0.15) is 30.1 Å². The minimum absolute atomic E-state index is 0.0409. The van der Waals surface area contributed by atoms with Crippen molar-refractivity contribution >= 4 is 23.2 Å². The van der Waals surface area contributed by atoms with E-state index >= 15 is 0 Å². The van der Waals surface area contributed by atoms with Gasteiger partial charge in [0.1, 0.15) is 0 Å². The van der Waals surface area contributed by atoms with Gasteiger partial charge in [-0.2, -0.15) is 0 Å². The Morgan fingerprint density at radius 3 is 2.60 bits per heavy atom. The van der Waals surface area contributed by atoms with Crippen LogP contribution >= 0.6 is 11.6 Å². The number of carbonyl (C=O) groups excluding carboxylic acids is 1. The molecule has 0 radical (unpaired) electrons. The molecule has 0 aliphatic heterocycles. The number of amides is 1. The summed E-state index contributed by atoms with van der Waals surface area (Å²) in [7, 11) is 1.95. The lowest BCUT2D eigenvalue weighted by Crippen LogP contribution is -2.26. The van der Waals surface area contributed by atoms with E-state index in [-0.39, 0.29) is 5.91 Å². The normalized spacial score (nSPS) is 12.2. The fourth-order valence-electron chi connectivity index (χ4n) is 2.54. The van der Waals surface area contributed by atoms with Gasteiger partial charge in [-0.3, -0.25) is 4.79 Å². The van der Waals surface area contributed by atoms with Crippen LogP contribution in [0.2, 0.25) is 5.02 Å². The Morgan fingerprint density at radius 1 is 1.16 bits per heavy atom. The van der Waals surface area contributed by atoms with Gasteiger partial charge in [0.25, 0.3) is 0 Å². The predicted octanol–water partition coefficient (Wildman–Crippen LogP) is 4.03. The van der Waals surface area contributed by atoms with E-state index in [9.17, 15) is 9.90 Å². The van der Waals surface area contributed by atoms with Gasteiger partial charge in [0, 0.05) is 30.2 Å². The highest BCUT2D eigenvalue weighted by atomic mass is 35.5. The van der Waals surface area contributed by atoms with E-state index in [4.69, 9.17) is 11.6 Å². The van der Waals surface area contributed by atoms with Gasteiger partial charge in [0.05, 0.1) is 6.10 Å². The van der Waals surface area contributed by atoms with Crippen LogP contribution < -0.4 is 5.32 Å². The molecule has 0 aromatic heterocycles. The smallest absolute Gasteiger partial charge is 0.225 e. The first kappa shape index (κ1) is 19.4. The Bertz CT molecular complexity index is 691. The SMILES string of the molecule is Cc1c(Cl)cccc1NC(=O)CCN(C)CC[C@H](O)c1ccccc1. The Balaban J connectivity index is 1.73. The number of anilines is 1. The number of aliphatic hydroxyl groups is 1. The van der Waals surface area contributed by atoms with Gasteiger partial charge in [-0.1, -0.05) is 48.0 Å². The van der Waals surface area contributed by atoms with Crippen molar-refractivity contribution in [1.82, 2.24) is 4.90 Å². The van der Waals surface area contributed by atoms with Crippen molar-refractivity contribution in [3.05, 3.63) is 64.7 Å². The molecule has 2 N–H and O–H groups in total. The summed E-state index contributed by atoms with van der Waals surface area (Å²) in [5.74, 6) is -0.0409. The average Bonchev–Trinajstić information content (AvgIpc) is 2.62. The van der Waals surface area contributed by atoms with E-state index in [0.717, 1.165) is 23.4 Å². The molecule has 0 spiro atoms. The summed E-state index contributed by atoms with van der Waals surface area (Å²) in [6.07, 6.45) is 0.547. The molecule has 134 valence electrons. The summed E-state index contributed by atoms with van der Waals surface area (Å²) in [5, 5.41) is 13.7. The number of aliphatic hydroxyl groups excluding tert-OH is 1. The number of nitrogens with one attached hydrogen (secondary N) is 1. The van der Waals surface area contributed by atoms with Crippen molar-refractivity contribution in [2.75, 3.05) is 25.5 Å². The van der Waals surface area contributed by atoms with Gasteiger partial charge in [0.2, 0.25) is 5.91 Å². The fourth-order valence-corrected chi connectivity index (χ4v) is 2.72. The van der Waals surface area contributed by atoms with Crippen LogP contribution in [0.15, 0.2) is 48.5 Å². The summed E-state index contributed by atoms with van der Waals surface area (Å²) in [6, 6.07) is 15.1. The Kier molecular flexibility index (Phi) is 7.44. The largest absolute Gasteiger partial charge is 0.388 e. The van der Waals surface area contributed by atoms with Crippen molar-refractivity contribution in [1.29, 1.82) is 0 Å². The third kappa shape index (κ3) is 6.16. The van der Waals surface area contributed by atoms with E-state index in [1.807, 2.05) is 56.4 Å². The quantitative estimate of drug-likeness (QED) is 0.747. The van der Waals surface area contributed by atoms with Crippen LogP contribution in [0.25, 0.3) is 0 Å². The van der Waals surface area contributed by atoms with Crippen molar-refractivity contribution in [2.45, 2.75) is 25.9 Å². The van der Waals surface area contributed by atoms with Crippen molar-refractivity contribution in [3.8, 4) is 0 Å². The maximum absolute atomic E-state index is 12.1. The maximum Gasteiger partial charge on any atom is 0.225 e. The summed E-state index contributed by atoms with van der Waals surface area (Å²) < 4.78 is 0. The molecule has 5 heteroatoms. The van der Waals surface area contributed by atoms with Crippen molar-refractivity contribution in [2.24, 2.45) is 0 Å². The Hall–Kier alpha value is -1.88. The van der Waals surface area contributed by atoms with E-state index in [0.29, 0.717) is 24.4 Å². The summed E-state index contributed by atoms with van der Waals surface area (Å²) in [6.45, 7) is 3.24. The lowest BCUT2D eigenvalue weighted by Gasteiger charge is -2.19. The lowest BCUT2D eigenvalue weighted by molar-refractivity contribution is -0.116. The molecule has 0 saturated heterocycles. The molecule has 4 nitrogen and oxygen atoms in total. The zero-order chi connectivity index (χ0) is 18.2. The number of halogens is 1. The number of hydrogen-bond acceptors (Lipinski definition) is 3. The van der Waals surface area contributed by atoms with Crippen LogP contribution in [0.4, 0.5) is 5.69 Å². The van der Waals surface area contributed by atoms with Crippen LogP contribution in [0.3, 0.4) is 0 Å². The van der Waals surface area contributed by atoms with E-state index in [2.05, 4.69) is 10.2 Å². The summed E-state index contributed by atoms with van der Waals surface area (Å²) in [4.78, 5) is 14.2. The first-order valence-corrected chi connectivity index (χ1v) is 8.81. The van der Waals surface area contributed by atoms with Gasteiger partial charge in [-0.15, -0.1) is 0 Å². The third-order valence-electron chi connectivity index (χ3n) is 4.23.